The molecule has 2 heterocycles. The van der Waals surface area contributed by atoms with Crippen LogP contribution in [0.15, 0.2) is 18.3 Å². The highest BCUT2D eigenvalue weighted by molar-refractivity contribution is 6.00. The van der Waals surface area contributed by atoms with Crippen LogP contribution in [0.3, 0.4) is 0 Å². The zero-order valence-corrected chi connectivity index (χ0v) is 12.6. The number of hydrogen-bond donors (Lipinski definition) is 2. The van der Waals surface area contributed by atoms with Crippen LogP contribution in [0.1, 0.15) is 21.6 Å². The van der Waals surface area contributed by atoms with Gasteiger partial charge in [0.25, 0.3) is 5.91 Å². The summed E-state index contributed by atoms with van der Waals surface area (Å²) >= 11 is 0. The number of fused-ring (bicyclic) bond motifs is 1. The van der Waals surface area contributed by atoms with Gasteiger partial charge in [-0.3, -0.25) is 9.48 Å². The second-order valence-corrected chi connectivity index (χ2v) is 5.35. The van der Waals surface area contributed by atoms with E-state index in [1.54, 1.807) is 0 Å². The number of ether oxygens (including phenoxy) is 1. The predicted molar refractivity (Wildman–Crippen MR) is 77.4 cm³/mol. The van der Waals surface area contributed by atoms with Gasteiger partial charge in [0.1, 0.15) is 12.4 Å². The first-order chi connectivity index (χ1) is 11.3. The molecule has 3 rings (SSSR count). The monoisotopic (exact) mass is 341 g/mol. The molecule has 128 valence electrons. The van der Waals surface area contributed by atoms with Crippen LogP contribution in [0.25, 0.3) is 11.1 Å². The van der Waals surface area contributed by atoms with Crippen molar-refractivity contribution in [2.24, 2.45) is 7.05 Å². The number of aliphatic hydroxyl groups is 1. The Bertz CT molecular complexity index is 799. The van der Waals surface area contributed by atoms with Crippen LogP contribution in [0.4, 0.5) is 13.2 Å². The first-order valence-electron chi connectivity index (χ1n) is 7.11. The van der Waals surface area contributed by atoms with Gasteiger partial charge in [0.15, 0.2) is 5.69 Å². The first kappa shape index (κ1) is 16.3. The van der Waals surface area contributed by atoms with Gasteiger partial charge in [-0.2, -0.15) is 18.3 Å². The minimum Gasteiger partial charge on any atom is -0.490 e. The number of nitrogens with one attached hydrogen (secondary N) is 1. The van der Waals surface area contributed by atoms with Gasteiger partial charge in [-0.1, -0.05) is 0 Å². The average Bonchev–Trinajstić information content (AvgIpc) is 2.83. The van der Waals surface area contributed by atoms with Crippen molar-refractivity contribution in [3.05, 3.63) is 35.2 Å². The van der Waals surface area contributed by atoms with E-state index in [0.29, 0.717) is 5.56 Å². The number of alkyl halides is 3. The summed E-state index contributed by atoms with van der Waals surface area (Å²) in [6.07, 6.45) is -3.45. The Kier molecular flexibility index (Phi) is 3.96. The fraction of sp³-hybridized carbons (Fsp3) is 0.333. The number of benzene rings is 1. The van der Waals surface area contributed by atoms with Gasteiger partial charge < -0.3 is 15.2 Å². The van der Waals surface area contributed by atoms with E-state index >= 15 is 0 Å². The highest BCUT2D eigenvalue weighted by Gasteiger charge is 2.38. The van der Waals surface area contributed by atoms with E-state index in [9.17, 15) is 23.1 Å². The van der Waals surface area contributed by atoms with E-state index in [1.807, 2.05) is 0 Å². The summed E-state index contributed by atoms with van der Waals surface area (Å²) in [5.74, 6) is -0.405. The van der Waals surface area contributed by atoms with Crippen molar-refractivity contribution >= 4 is 5.91 Å². The third-order valence-electron chi connectivity index (χ3n) is 3.60. The number of aryl methyl sites for hydroxylation is 1. The van der Waals surface area contributed by atoms with Gasteiger partial charge in [-0.05, 0) is 17.7 Å². The van der Waals surface area contributed by atoms with Gasteiger partial charge in [0, 0.05) is 24.4 Å². The van der Waals surface area contributed by atoms with Gasteiger partial charge in [-0.25, -0.2) is 0 Å². The molecule has 1 aliphatic heterocycles. The lowest BCUT2D eigenvalue weighted by atomic mass is 9.98. The second kappa shape index (κ2) is 5.82. The molecule has 2 N–H and O–H groups in total. The molecule has 0 radical (unpaired) electrons. The summed E-state index contributed by atoms with van der Waals surface area (Å²) in [7, 11) is 1.38. The van der Waals surface area contributed by atoms with Crippen molar-refractivity contribution in [1.29, 1.82) is 0 Å². The molecule has 0 unspecified atom stereocenters. The molecule has 6 nitrogen and oxygen atoms in total. The van der Waals surface area contributed by atoms with Crippen molar-refractivity contribution in [1.82, 2.24) is 15.1 Å². The number of nitrogens with zero attached hydrogens (tertiary/aromatic N) is 2. The Morgan fingerprint density at radius 1 is 1.33 bits per heavy atom. The summed E-state index contributed by atoms with van der Waals surface area (Å²) in [6.45, 7) is -0.0540. The van der Waals surface area contributed by atoms with Crippen LogP contribution in [0, 0.1) is 0 Å². The van der Waals surface area contributed by atoms with Crippen molar-refractivity contribution in [2.75, 3.05) is 13.2 Å². The molecule has 0 aliphatic carbocycles. The number of halogens is 3. The van der Waals surface area contributed by atoms with Crippen LogP contribution in [0.5, 0.6) is 5.75 Å². The van der Waals surface area contributed by atoms with Crippen LogP contribution in [-0.4, -0.2) is 33.9 Å². The molecule has 0 fully saturated rings. The fourth-order valence-corrected chi connectivity index (χ4v) is 2.61. The van der Waals surface area contributed by atoms with Crippen molar-refractivity contribution in [3.8, 4) is 16.9 Å². The minimum atomic E-state index is -4.66. The Labute approximate surface area is 134 Å². The van der Waals surface area contributed by atoms with E-state index in [0.717, 1.165) is 4.68 Å². The number of hydrogen-bond acceptors (Lipinski definition) is 4. The fourth-order valence-electron chi connectivity index (χ4n) is 2.61. The molecule has 0 spiro atoms. The van der Waals surface area contributed by atoms with Crippen LogP contribution in [-0.2, 0) is 19.8 Å². The van der Waals surface area contributed by atoms with E-state index in [4.69, 9.17) is 4.74 Å². The quantitative estimate of drug-likeness (QED) is 0.872. The molecular formula is C15H14F3N3O3. The van der Waals surface area contributed by atoms with Crippen molar-refractivity contribution < 1.29 is 27.8 Å². The van der Waals surface area contributed by atoms with Gasteiger partial charge >= 0.3 is 6.18 Å². The number of aromatic nitrogens is 2. The maximum atomic E-state index is 13.3. The predicted octanol–water partition coefficient (Wildman–Crippen LogP) is 1.72. The van der Waals surface area contributed by atoms with E-state index in [-0.39, 0.29) is 35.6 Å². The minimum absolute atomic E-state index is 0.0562. The second-order valence-electron chi connectivity index (χ2n) is 5.35. The number of rotatable bonds is 2. The number of amides is 1. The number of carbonyl (C=O) groups excluding carboxylic acids is 1. The van der Waals surface area contributed by atoms with Gasteiger partial charge in [0.05, 0.1) is 18.7 Å². The molecule has 0 atom stereocenters. The average molecular weight is 341 g/mol. The van der Waals surface area contributed by atoms with E-state index in [1.165, 1.54) is 25.4 Å². The summed E-state index contributed by atoms with van der Waals surface area (Å²) in [5, 5.41) is 15.5. The Balaban J connectivity index is 2.29. The lowest BCUT2D eigenvalue weighted by molar-refractivity contribution is -0.140. The maximum absolute atomic E-state index is 13.3. The topological polar surface area (TPSA) is 76.4 Å². The van der Waals surface area contributed by atoms with Gasteiger partial charge in [0.2, 0.25) is 0 Å². The zero-order valence-electron chi connectivity index (χ0n) is 12.6. The molecule has 2 aromatic rings. The lowest BCUT2D eigenvalue weighted by Crippen LogP contribution is -2.24. The standard InChI is InChI=1S/C15H14F3N3O3/c1-21-6-11(13(20-21)15(16,17)18)9-4-8(7-22)5-10-12(9)24-3-2-19-14(10)23/h4-6,22H,2-3,7H2,1H3,(H,19,23). The molecule has 0 saturated carbocycles. The highest BCUT2D eigenvalue weighted by Crippen LogP contribution is 2.41. The van der Waals surface area contributed by atoms with Crippen molar-refractivity contribution in [2.45, 2.75) is 12.8 Å². The molecule has 1 aliphatic rings. The van der Waals surface area contributed by atoms with Crippen LogP contribution < -0.4 is 10.1 Å². The molecule has 9 heteroatoms. The summed E-state index contributed by atoms with van der Waals surface area (Å²) in [6, 6.07) is 2.78. The molecule has 1 aromatic heterocycles. The molecule has 0 bridgehead atoms. The summed E-state index contributed by atoms with van der Waals surface area (Å²) < 4.78 is 46.4. The van der Waals surface area contributed by atoms with Crippen LogP contribution in [0.2, 0.25) is 0 Å². The molecule has 1 amide bonds. The highest BCUT2D eigenvalue weighted by atomic mass is 19.4. The lowest BCUT2D eigenvalue weighted by Gasteiger charge is -2.14. The molecule has 0 saturated heterocycles. The smallest absolute Gasteiger partial charge is 0.435 e. The molecule has 1 aromatic carbocycles. The molecule has 24 heavy (non-hydrogen) atoms. The Hall–Kier alpha value is -2.55. The Morgan fingerprint density at radius 2 is 2.04 bits per heavy atom. The summed E-state index contributed by atoms with van der Waals surface area (Å²) in [5.41, 5.74) is -0.803. The number of carbonyl (C=O) groups is 1. The van der Waals surface area contributed by atoms with Crippen molar-refractivity contribution in [3.63, 3.8) is 0 Å². The van der Waals surface area contributed by atoms with Gasteiger partial charge in [-0.15, -0.1) is 0 Å². The largest absolute Gasteiger partial charge is 0.490 e. The van der Waals surface area contributed by atoms with Crippen LogP contribution >= 0.6 is 0 Å². The maximum Gasteiger partial charge on any atom is 0.435 e. The third-order valence-corrected chi connectivity index (χ3v) is 3.60. The normalized spacial score (nSPS) is 14.6. The number of aliphatic hydroxyl groups excluding tert-OH is 1. The Morgan fingerprint density at radius 3 is 2.71 bits per heavy atom. The SMILES string of the molecule is Cn1cc(-c2cc(CO)cc3c2OCCNC3=O)c(C(F)(F)F)n1. The first-order valence-corrected chi connectivity index (χ1v) is 7.11. The summed E-state index contributed by atoms with van der Waals surface area (Å²) in [4.78, 5) is 12.1. The zero-order chi connectivity index (χ0) is 17.5. The third kappa shape index (κ3) is 2.82. The van der Waals surface area contributed by atoms with E-state index in [2.05, 4.69) is 10.4 Å². The molecular weight excluding hydrogens is 327 g/mol. The van der Waals surface area contributed by atoms with E-state index < -0.39 is 24.4 Å².